The minimum absolute atomic E-state index is 0. The van der Waals surface area contributed by atoms with E-state index in [-0.39, 0.29) is 24.0 Å². The van der Waals surface area contributed by atoms with E-state index in [1.165, 1.54) is 18.4 Å². The van der Waals surface area contributed by atoms with Crippen molar-refractivity contribution in [3.63, 3.8) is 0 Å². The molecule has 182 valence electrons. The van der Waals surface area contributed by atoms with Crippen LogP contribution in [0.3, 0.4) is 0 Å². The maximum atomic E-state index is 6.17. The van der Waals surface area contributed by atoms with Crippen LogP contribution in [-0.2, 0) is 16.0 Å². The van der Waals surface area contributed by atoms with Crippen molar-refractivity contribution in [3.05, 3.63) is 29.3 Å². The number of aliphatic imine (C=N–C) groups is 1. The number of ether oxygens (including phenoxy) is 3. The van der Waals surface area contributed by atoms with Crippen LogP contribution in [0.15, 0.2) is 23.2 Å². The summed E-state index contributed by atoms with van der Waals surface area (Å²) in [6, 6.07) is 6.41. The van der Waals surface area contributed by atoms with E-state index in [1.54, 1.807) is 7.11 Å². The zero-order valence-electron chi connectivity index (χ0n) is 19.9. The Morgan fingerprint density at radius 3 is 2.69 bits per heavy atom. The fraction of sp³-hybridized carbons (Fsp3) is 0.708. The van der Waals surface area contributed by atoms with E-state index in [0.717, 1.165) is 69.7 Å². The van der Waals surface area contributed by atoms with E-state index >= 15 is 0 Å². The van der Waals surface area contributed by atoms with Gasteiger partial charge in [-0.3, -0.25) is 4.99 Å². The second kappa shape index (κ2) is 14.9. The van der Waals surface area contributed by atoms with Gasteiger partial charge in [0, 0.05) is 51.9 Å². The highest BCUT2D eigenvalue weighted by molar-refractivity contribution is 14.0. The van der Waals surface area contributed by atoms with E-state index < -0.39 is 0 Å². The number of hydrogen-bond donors (Lipinski definition) is 2. The first kappa shape index (κ1) is 27.1. The number of benzene rings is 1. The van der Waals surface area contributed by atoms with Crippen molar-refractivity contribution in [2.75, 3.05) is 66.8 Å². The predicted octanol–water partition coefficient (Wildman–Crippen LogP) is 3.05. The molecule has 0 aliphatic carbocycles. The number of methoxy groups -OCH3 is 1. The molecule has 0 bridgehead atoms. The molecule has 8 heteroatoms. The summed E-state index contributed by atoms with van der Waals surface area (Å²) in [5.74, 6) is 2.98. The topological polar surface area (TPSA) is 67.4 Å². The molecule has 2 aliphatic rings. The largest absolute Gasteiger partial charge is 0.493 e. The molecule has 0 spiro atoms. The molecule has 2 saturated heterocycles. The van der Waals surface area contributed by atoms with Crippen molar-refractivity contribution in [2.24, 2.45) is 16.8 Å². The van der Waals surface area contributed by atoms with Gasteiger partial charge < -0.3 is 29.7 Å². The second-order valence-electron chi connectivity index (χ2n) is 8.74. The van der Waals surface area contributed by atoms with Gasteiger partial charge in [0.05, 0.1) is 19.8 Å². The molecule has 3 rings (SSSR count). The van der Waals surface area contributed by atoms with Crippen LogP contribution >= 0.6 is 24.0 Å². The summed E-state index contributed by atoms with van der Waals surface area (Å²) < 4.78 is 16.8. The highest BCUT2D eigenvalue weighted by Crippen LogP contribution is 2.23. The highest BCUT2D eigenvalue weighted by Gasteiger charge is 2.19. The van der Waals surface area contributed by atoms with Crippen LogP contribution in [0.5, 0.6) is 5.75 Å². The van der Waals surface area contributed by atoms with Gasteiger partial charge in [0.25, 0.3) is 0 Å². The van der Waals surface area contributed by atoms with Crippen LogP contribution in [0.4, 0.5) is 0 Å². The number of piperidine rings is 1. The highest BCUT2D eigenvalue weighted by atomic mass is 127. The molecule has 0 amide bonds. The van der Waals surface area contributed by atoms with Crippen LogP contribution in [0, 0.1) is 18.8 Å². The molecule has 32 heavy (non-hydrogen) atoms. The standard InChI is InChI=1S/C24H40N4O3.HI/c1-19-4-5-22(23(14-19)31-18-21-8-12-30-17-21)16-27-24(25-2)26-15-20-6-9-28(10-7-20)11-13-29-3;/h4-5,14,20-21H,6-13,15-18H2,1-3H3,(H2,25,26,27);1H. The van der Waals surface area contributed by atoms with E-state index in [9.17, 15) is 0 Å². The summed E-state index contributed by atoms with van der Waals surface area (Å²) in [5, 5.41) is 6.97. The summed E-state index contributed by atoms with van der Waals surface area (Å²) in [7, 11) is 3.60. The summed E-state index contributed by atoms with van der Waals surface area (Å²) in [4.78, 5) is 6.90. The third kappa shape index (κ3) is 9.03. The quantitative estimate of drug-likeness (QED) is 0.261. The van der Waals surface area contributed by atoms with Gasteiger partial charge in [-0.1, -0.05) is 12.1 Å². The van der Waals surface area contributed by atoms with Crippen molar-refractivity contribution in [1.29, 1.82) is 0 Å². The SMILES string of the molecule is CN=C(NCc1ccc(C)cc1OCC1CCOC1)NCC1CCN(CCOC)CC1.I. The van der Waals surface area contributed by atoms with E-state index in [1.807, 2.05) is 7.05 Å². The summed E-state index contributed by atoms with van der Waals surface area (Å²) >= 11 is 0. The maximum Gasteiger partial charge on any atom is 0.191 e. The second-order valence-corrected chi connectivity index (χ2v) is 8.74. The minimum atomic E-state index is 0. The fourth-order valence-electron chi connectivity index (χ4n) is 4.14. The van der Waals surface area contributed by atoms with Gasteiger partial charge in [-0.05, 0) is 56.8 Å². The average molecular weight is 561 g/mol. The first-order valence-corrected chi connectivity index (χ1v) is 11.6. The Kier molecular flexibility index (Phi) is 12.7. The van der Waals surface area contributed by atoms with Gasteiger partial charge in [-0.2, -0.15) is 0 Å². The molecule has 1 atom stereocenters. The lowest BCUT2D eigenvalue weighted by atomic mass is 9.97. The molecule has 2 aliphatic heterocycles. The lowest BCUT2D eigenvalue weighted by molar-refractivity contribution is 0.121. The van der Waals surface area contributed by atoms with Gasteiger partial charge in [-0.15, -0.1) is 24.0 Å². The molecule has 0 aromatic heterocycles. The number of guanidine groups is 1. The normalized spacial score (nSPS) is 20.1. The van der Waals surface area contributed by atoms with Gasteiger partial charge >= 0.3 is 0 Å². The fourth-order valence-corrected chi connectivity index (χ4v) is 4.14. The first-order chi connectivity index (χ1) is 15.2. The molecule has 1 unspecified atom stereocenters. The number of hydrogen-bond acceptors (Lipinski definition) is 5. The Labute approximate surface area is 210 Å². The molecular formula is C24H41IN4O3. The number of likely N-dealkylation sites (tertiary alicyclic amines) is 1. The van der Waals surface area contributed by atoms with Crippen LogP contribution in [-0.4, -0.2) is 77.6 Å². The van der Waals surface area contributed by atoms with Crippen LogP contribution in [0.25, 0.3) is 0 Å². The monoisotopic (exact) mass is 560 g/mol. The molecule has 2 fully saturated rings. The number of nitrogens with zero attached hydrogens (tertiary/aromatic N) is 2. The minimum Gasteiger partial charge on any atom is -0.493 e. The Morgan fingerprint density at radius 1 is 1.19 bits per heavy atom. The van der Waals surface area contributed by atoms with E-state index in [0.29, 0.717) is 25.0 Å². The first-order valence-electron chi connectivity index (χ1n) is 11.6. The molecular weight excluding hydrogens is 519 g/mol. The summed E-state index contributed by atoms with van der Waals surface area (Å²) in [6.45, 7) is 10.3. The molecule has 1 aromatic carbocycles. The summed E-state index contributed by atoms with van der Waals surface area (Å²) in [5.41, 5.74) is 2.36. The number of aryl methyl sites for hydroxylation is 1. The van der Waals surface area contributed by atoms with Crippen molar-refractivity contribution >= 4 is 29.9 Å². The number of halogens is 1. The van der Waals surface area contributed by atoms with E-state index in [4.69, 9.17) is 14.2 Å². The Morgan fingerprint density at radius 2 is 2.00 bits per heavy atom. The summed E-state index contributed by atoms with van der Waals surface area (Å²) in [6.07, 6.45) is 3.52. The van der Waals surface area contributed by atoms with Crippen molar-refractivity contribution in [2.45, 2.75) is 32.7 Å². The van der Waals surface area contributed by atoms with Crippen LogP contribution < -0.4 is 15.4 Å². The van der Waals surface area contributed by atoms with Crippen LogP contribution in [0.1, 0.15) is 30.4 Å². The Hall–Kier alpha value is -1.10. The average Bonchev–Trinajstić information content (AvgIpc) is 3.32. The molecule has 7 nitrogen and oxygen atoms in total. The molecule has 1 aromatic rings. The Balaban J connectivity index is 0.00000363. The van der Waals surface area contributed by atoms with Gasteiger partial charge in [-0.25, -0.2) is 0 Å². The number of rotatable bonds is 10. The van der Waals surface area contributed by atoms with Crippen molar-refractivity contribution < 1.29 is 14.2 Å². The zero-order valence-corrected chi connectivity index (χ0v) is 22.2. The predicted molar refractivity (Wildman–Crippen MR) is 140 cm³/mol. The van der Waals surface area contributed by atoms with Gasteiger partial charge in [0.1, 0.15) is 5.75 Å². The Bertz CT molecular complexity index is 690. The van der Waals surface area contributed by atoms with Crippen molar-refractivity contribution in [1.82, 2.24) is 15.5 Å². The molecule has 0 radical (unpaired) electrons. The lowest BCUT2D eigenvalue weighted by Crippen LogP contribution is -2.43. The molecule has 2 heterocycles. The van der Waals surface area contributed by atoms with E-state index in [2.05, 4.69) is 45.6 Å². The zero-order chi connectivity index (χ0) is 21.9. The van der Waals surface area contributed by atoms with Gasteiger partial charge in [0.2, 0.25) is 0 Å². The van der Waals surface area contributed by atoms with Gasteiger partial charge in [0.15, 0.2) is 5.96 Å². The number of nitrogens with one attached hydrogen (secondary N) is 2. The van der Waals surface area contributed by atoms with Crippen LogP contribution in [0.2, 0.25) is 0 Å². The molecule has 0 saturated carbocycles. The maximum absolute atomic E-state index is 6.17. The third-order valence-corrected chi connectivity index (χ3v) is 6.27. The van der Waals surface area contributed by atoms with Crippen molar-refractivity contribution in [3.8, 4) is 5.75 Å². The molecule has 2 N–H and O–H groups in total. The third-order valence-electron chi connectivity index (χ3n) is 6.27. The lowest BCUT2D eigenvalue weighted by Gasteiger charge is -2.32. The smallest absolute Gasteiger partial charge is 0.191 e.